The zero-order chi connectivity index (χ0) is 19.2. The summed E-state index contributed by atoms with van der Waals surface area (Å²) in [7, 11) is 0. The summed E-state index contributed by atoms with van der Waals surface area (Å²) < 4.78 is 0. The minimum atomic E-state index is -0.347. The first-order chi connectivity index (χ1) is 13.0. The number of amides is 2. The van der Waals surface area contributed by atoms with Gasteiger partial charge in [-0.25, -0.2) is 9.97 Å². The van der Waals surface area contributed by atoms with Crippen LogP contribution in [0.3, 0.4) is 0 Å². The van der Waals surface area contributed by atoms with E-state index in [4.69, 9.17) is 0 Å². The molecule has 2 fully saturated rings. The number of nitrogens with one attached hydrogen (secondary N) is 1. The molecule has 3 rings (SSSR count). The lowest BCUT2D eigenvalue weighted by Gasteiger charge is -2.38. The van der Waals surface area contributed by atoms with Crippen LogP contribution in [0.1, 0.15) is 26.7 Å². The molecule has 0 aliphatic carbocycles. The summed E-state index contributed by atoms with van der Waals surface area (Å²) in [6, 6.07) is 1.45. The topological polar surface area (TPSA) is 81.7 Å². The molecule has 0 radical (unpaired) electrons. The molecule has 2 saturated heterocycles. The average Bonchev–Trinajstić information content (AvgIpc) is 2.69. The summed E-state index contributed by atoms with van der Waals surface area (Å²) in [6.07, 6.45) is 4.75. The highest BCUT2D eigenvalue weighted by atomic mass is 16.2. The van der Waals surface area contributed by atoms with Crippen molar-refractivity contribution in [1.29, 1.82) is 0 Å². The highest BCUT2D eigenvalue weighted by molar-refractivity contribution is 5.89. The molecule has 1 unspecified atom stereocenters. The van der Waals surface area contributed by atoms with Crippen molar-refractivity contribution < 1.29 is 9.59 Å². The average molecular weight is 374 g/mol. The summed E-state index contributed by atoms with van der Waals surface area (Å²) in [4.78, 5) is 39.8. The van der Waals surface area contributed by atoms with E-state index in [0.29, 0.717) is 44.6 Å². The molecule has 3 heterocycles. The Morgan fingerprint density at radius 3 is 2.56 bits per heavy atom. The van der Waals surface area contributed by atoms with Crippen molar-refractivity contribution >= 4 is 17.8 Å². The smallest absolute Gasteiger partial charge is 0.237 e. The molecule has 1 atom stereocenters. The Morgan fingerprint density at radius 1 is 1.19 bits per heavy atom. The number of carbonyl (C=O) groups excluding carboxylic acids is 2. The van der Waals surface area contributed by atoms with Gasteiger partial charge < -0.3 is 15.1 Å². The molecule has 2 amide bonds. The van der Waals surface area contributed by atoms with Crippen LogP contribution in [-0.4, -0.2) is 83.4 Å². The zero-order valence-electron chi connectivity index (χ0n) is 16.3. The molecule has 2 aliphatic rings. The van der Waals surface area contributed by atoms with Crippen LogP contribution >= 0.6 is 0 Å². The number of hydrogen-bond acceptors (Lipinski definition) is 6. The van der Waals surface area contributed by atoms with Gasteiger partial charge in [0.2, 0.25) is 17.8 Å². The molecule has 8 heteroatoms. The molecule has 148 valence electrons. The third kappa shape index (κ3) is 5.15. The number of nitrogens with zero attached hydrogens (tertiary/aromatic N) is 5. The highest BCUT2D eigenvalue weighted by Gasteiger charge is 2.33. The fourth-order valence-electron chi connectivity index (χ4n) is 3.58. The zero-order valence-corrected chi connectivity index (χ0v) is 16.3. The van der Waals surface area contributed by atoms with Gasteiger partial charge in [0.25, 0.3) is 0 Å². The summed E-state index contributed by atoms with van der Waals surface area (Å²) in [5.74, 6) is 1.32. The minimum absolute atomic E-state index is 0.0188. The van der Waals surface area contributed by atoms with Crippen LogP contribution in [0.2, 0.25) is 0 Å². The number of piperazine rings is 2. The SMILES string of the molecule is CC(C)CCN1CCNC(=O)C1CC(=O)N1CCN(c2ncccn2)CC1. The van der Waals surface area contributed by atoms with E-state index in [-0.39, 0.29) is 24.3 Å². The van der Waals surface area contributed by atoms with Crippen LogP contribution in [0.25, 0.3) is 0 Å². The Balaban J connectivity index is 1.53. The van der Waals surface area contributed by atoms with Crippen LogP contribution in [0, 0.1) is 5.92 Å². The van der Waals surface area contributed by atoms with Crippen molar-refractivity contribution in [2.45, 2.75) is 32.7 Å². The standard InChI is InChI=1S/C19H30N6O2/c1-15(2)4-8-23-9-7-20-18(27)16(23)14-17(26)24-10-12-25(13-11-24)19-21-5-3-6-22-19/h3,5-6,15-16H,4,7-14H2,1-2H3,(H,20,27). The van der Waals surface area contributed by atoms with Crippen molar-refractivity contribution in [3.63, 3.8) is 0 Å². The lowest BCUT2D eigenvalue weighted by molar-refractivity contribution is -0.139. The lowest BCUT2D eigenvalue weighted by Crippen LogP contribution is -2.58. The van der Waals surface area contributed by atoms with E-state index in [2.05, 4.69) is 38.9 Å². The Morgan fingerprint density at radius 2 is 1.89 bits per heavy atom. The third-order valence-electron chi connectivity index (χ3n) is 5.27. The third-order valence-corrected chi connectivity index (χ3v) is 5.27. The van der Waals surface area contributed by atoms with Crippen LogP contribution < -0.4 is 10.2 Å². The fourth-order valence-corrected chi connectivity index (χ4v) is 3.58. The molecule has 0 bridgehead atoms. The Bertz CT molecular complexity index is 630. The molecule has 0 saturated carbocycles. The van der Waals surface area contributed by atoms with Gasteiger partial charge in [0.15, 0.2) is 0 Å². The summed E-state index contributed by atoms with van der Waals surface area (Å²) in [5.41, 5.74) is 0. The van der Waals surface area contributed by atoms with Gasteiger partial charge in [-0.3, -0.25) is 14.5 Å². The van der Waals surface area contributed by atoms with E-state index >= 15 is 0 Å². The number of carbonyl (C=O) groups is 2. The van der Waals surface area contributed by atoms with Gasteiger partial charge in [-0.15, -0.1) is 0 Å². The first-order valence-electron chi connectivity index (χ1n) is 9.86. The Labute approximate surface area is 160 Å². The second kappa shape index (κ2) is 9.12. The van der Waals surface area contributed by atoms with E-state index in [1.165, 1.54) is 0 Å². The number of rotatable bonds is 6. The molecule has 27 heavy (non-hydrogen) atoms. The van der Waals surface area contributed by atoms with Gasteiger partial charge >= 0.3 is 0 Å². The van der Waals surface area contributed by atoms with Crippen molar-refractivity contribution in [3.8, 4) is 0 Å². The fraction of sp³-hybridized carbons (Fsp3) is 0.684. The first-order valence-corrected chi connectivity index (χ1v) is 9.86. The Kier molecular flexibility index (Phi) is 6.60. The van der Waals surface area contributed by atoms with Gasteiger partial charge in [0.05, 0.1) is 12.5 Å². The minimum Gasteiger partial charge on any atom is -0.353 e. The molecule has 1 aromatic heterocycles. The van der Waals surface area contributed by atoms with Crippen molar-refractivity contribution in [2.24, 2.45) is 5.92 Å². The summed E-state index contributed by atoms with van der Waals surface area (Å²) in [6.45, 7) is 9.40. The van der Waals surface area contributed by atoms with Crippen LogP contribution in [0.15, 0.2) is 18.5 Å². The maximum Gasteiger partial charge on any atom is 0.237 e. The molecule has 2 aliphatic heterocycles. The predicted octanol–water partition coefficient (Wildman–Crippen LogP) is 0.362. The van der Waals surface area contributed by atoms with Crippen LogP contribution in [0.5, 0.6) is 0 Å². The predicted molar refractivity (Wildman–Crippen MR) is 103 cm³/mol. The van der Waals surface area contributed by atoms with E-state index < -0.39 is 0 Å². The molecule has 0 spiro atoms. The van der Waals surface area contributed by atoms with Crippen molar-refractivity contribution in [1.82, 2.24) is 25.1 Å². The number of aromatic nitrogens is 2. The molecular weight excluding hydrogens is 344 g/mol. The molecule has 8 nitrogen and oxygen atoms in total. The van der Waals surface area contributed by atoms with E-state index in [1.54, 1.807) is 18.5 Å². The number of hydrogen-bond donors (Lipinski definition) is 1. The van der Waals surface area contributed by atoms with Crippen molar-refractivity contribution in [3.05, 3.63) is 18.5 Å². The van der Waals surface area contributed by atoms with Gasteiger partial charge in [-0.1, -0.05) is 13.8 Å². The van der Waals surface area contributed by atoms with Crippen molar-refractivity contribution in [2.75, 3.05) is 50.7 Å². The van der Waals surface area contributed by atoms with Crippen LogP contribution in [0.4, 0.5) is 5.95 Å². The monoisotopic (exact) mass is 374 g/mol. The van der Waals surface area contributed by atoms with Gasteiger partial charge in [0, 0.05) is 51.7 Å². The maximum absolute atomic E-state index is 12.8. The van der Waals surface area contributed by atoms with E-state index in [9.17, 15) is 9.59 Å². The normalized spacial score (nSPS) is 21.4. The second-order valence-corrected chi connectivity index (χ2v) is 7.65. The van der Waals surface area contributed by atoms with Crippen LogP contribution in [-0.2, 0) is 9.59 Å². The summed E-state index contributed by atoms with van der Waals surface area (Å²) >= 11 is 0. The first kappa shape index (κ1) is 19.5. The molecule has 0 aromatic carbocycles. The lowest BCUT2D eigenvalue weighted by atomic mass is 10.0. The van der Waals surface area contributed by atoms with Gasteiger partial charge in [0.1, 0.15) is 0 Å². The van der Waals surface area contributed by atoms with Gasteiger partial charge in [-0.05, 0) is 24.9 Å². The highest BCUT2D eigenvalue weighted by Crippen LogP contribution is 2.15. The van der Waals surface area contributed by atoms with E-state index in [0.717, 1.165) is 19.5 Å². The van der Waals surface area contributed by atoms with E-state index in [1.807, 2.05) is 4.90 Å². The molecule has 1 N–H and O–H groups in total. The molecule has 1 aromatic rings. The quantitative estimate of drug-likeness (QED) is 0.774. The maximum atomic E-state index is 12.8. The second-order valence-electron chi connectivity index (χ2n) is 7.65. The Hall–Kier alpha value is -2.22. The number of anilines is 1. The molecular formula is C19H30N6O2. The largest absolute Gasteiger partial charge is 0.353 e. The van der Waals surface area contributed by atoms with Gasteiger partial charge in [-0.2, -0.15) is 0 Å². The summed E-state index contributed by atoms with van der Waals surface area (Å²) in [5, 5.41) is 2.91.